The van der Waals surface area contributed by atoms with Crippen LogP contribution >= 0.6 is 0 Å². The molecule has 29 heavy (non-hydrogen) atoms. The van der Waals surface area contributed by atoms with E-state index in [1.807, 2.05) is 50.8 Å². The quantitative estimate of drug-likeness (QED) is 0.524. The van der Waals surface area contributed by atoms with Crippen molar-refractivity contribution in [2.24, 2.45) is 14.1 Å². The summed E-state index contributed by atoms with van der Waals surface area (Å²) in [6.07, 6.45) is 4.05. The van der Waals surface area contributed by atoms with E-state index in [1.165, 1.54) is 0 Å². The largest absolute Gasteiger partial charge is 0.398 e. The number of rotatable bonds is 4. The van der Waals surface area contributed by atoms with Crippen LogP contribution in [0.1, 0.15) is 25.1 Å². The molecule has 0 amide bonds. The molecular weight excluding hydrogens is 366 g/mol. The number of nitrogen functional groups attached to an aromatic ring is 1. The predicted octanol–water partition coefficient (Wildman–Crippen LogP) is 2.43. The Morgan fingerprint density at radius 1 is 1.14 bits per heavy atom. The van der Waals surface area contributed by atoms with Crippen molar-refractivity contribution >= 4 is 17.2 Å². The number of nitrogens with one attached hydrogen (secondary N) is 1. The lowest BCUT2D eigenvalue weighted by molar-refractivity contribution is -0.00548. The predicted molar refractivity (Wildman–Crippen MR) is 114 cm³/mol. The summed E-state index contributed by atoms with van der Waals surface area (Å²) in [5.41, 5.74) is 10.5. The van der Waals surface area contributed by atoms with Gasteiger partial charge in [-0.2, -0.15) is 10.2 Å². The van der Waals surface area contributed by atoms with Gasteiger partial charge in [0.1, 0.15) is 0 Å². The zero-order valence-corrected chi connectivity index (χ0v) is 17.3. The highest BCUT2D eigenvalue weighted by Crippen LogP contribution is 2.27. The molecule has 1 aliphatic rings. The smallest absolute Gasteiger partial charge is 0.151 e. The van der Waals surface area contributed by atoms with Gasteiger partial charge in [0.15, 0.2) is 5.82 Å². The standard InChI is InChI=1S/C21H27N7O/c1-13-10-28(11-14(2)29-13)20-8-19(27(4)25-20)21(23)17-7-15(5-6-18(17)22)16-9-24-26(3)12-16/h5-9,12-14,23H,10-11,22H2,1-4H3/t13-,14+. The second kappa shape index (κ2) is 7.36. The molecule has 2 aromatic heterocycles. The molecule has 3 heterocycles. The van der Waals surface area contributed by atoms with Crippen LogP contribution in [0.5, 0.6) is 0 Å². The van der Waals surface area contributed by atoms with E-state index in [0.717, 1.165) is 35.7 Å². The van der Waals surface area contributed by atoms with Gasteiger partial charge in [-0.15, -0.1) is 0 Å². The normalized spacial score (nSPS) is 19.5. The molecule has 4 rings (SSSR count). The Balaban J connectivity index is 1.66. The number of hydrogen-bond acceptors (Lipinski definition) is 6. The average molecular weight is 393 g/mol. The molecule has 1 saturated heterocycles. The first kappa shape index (κ1) is 19.2. The highest BCUT2D eigenvalue weighted by molar-refractivity contribution is 6.13. The van der Waals surface area contributed by atoms with Gasteiger partial charge in [-0.1, -0.05) is 6.07 Å². The van der Waals surface area contributed by atoms with E-state index in [9.17, 15) is 0 Å². The Kier molecular flexibility index (Phi) is 4.87. The number of nitrogens with two attached hydrogens (primary N) is 1. The van der Waals surface area contributed by atoms with Gasteiger partial charge in [0.2, 0.25) is 0 Å². The Morgan fingerprint density at radius 3 is 2.52 bits per heavy atom. The van der Waals surface area contributed by atoms with Gasteiger partial charge >= 0.3 is 0 Å². The Labute approximate surface area is 170 Å². The highest BCUT2D eigenvalue weighted by atomic mass is 16.5. The van der Waals surface area contributed by atoms with Crippen molar-refractivity contribution in [3.63, 3.8) is 0 Å². The Bertz CT molecular complexity index is 1040. The summed E-state index contributed by atoms with van der Waals surface area (Å²) in [4.78, 5) is 2.21. The molecule has 8 nitrogen and oxygen atoms in total. The van der Waals surface area contributed by atoms with E-state index in [1.54, 1.807) is 9.36 Å². The van der Waals surface area contributed by atoms with Gasteiger partial charge in [-0.3, -0.25) is 14.8 Å². The zero-order valence-electron chi connectivity index (χ0n) is 17.3. The second-order valence-electron chi connectivity index (χ2n) is 7.75. The second-order valence-corrected chi connectivity index (χ2v) is 7.75. The minimum Gasteiger partial charge on any atom is -0.398 e. The van der Waals surface area contributed by atoms with Crippen molar-refractivity contribution in [1.82, 2.24) is 19.6 Å². The maximum atomic E-state index is 8.82. The molecule has 1 aromatic carbocycles. The maximum Gasteiger partial charge on any atom is 0.151 e. The van der Waals surface area contributed by atoms with Gasteiger partial charge in [0.25, 0.3) is 0 Å². The van der Waals surface area contributed by atoms with Crippen molar-refractivity contribution in [2.75, 3.05) is 23.7 Å². The van der Waals surface area contributed by atoms with E-state index in [-0.39, 0.29) is 12.2 Å². The summed E-state index contributed by atoms with van der Waals surface area (Å²) in [5.74, 6) is 0.858. The Morgan fingerprint density at radius 2 is 1.86 bits per heavy atom. The van der Waals surface area contributed by atoms with Crippen LogP contribution in [0.3, 0.4) is 0 Å². The van der Waals surface area contributed by atoms with Crippen LogP contribution in [0, 0.1) is 5.41 Å². The fourth-order valence-electron chi connectivity index (χ4n) is 3.87. The number of aromatic nitrogens is 4. The molecule has 0 aliphatic carbocycles. The van der Waals surface area contributed by atoms with E-state index < -0.39 is 0 Å². The molecule has 0 saturated carbocycles. The minimum absolute atomic E-state index is 0.149. The lowest BCUT2D eigenvalue weighted by atomic mass is 9.99. The molecule has 1 fully saturated rings. The van der Waals surface area contributed by atoms with Gasteiger partial charge in [0, 0.05) is 56.3 Å². The summed E-state index contributed by atoms with van der Waals surface area (Å²) in [7, 11) is 3.75. The number of benzene rings is 1. The number of anilines is 2. The summed E-state index contributed by atoms with van der Waals surface area (Å²) in [6.45, 7) is 5.71. The number of ether oxygens (including phenoxy) is 1. The molecule has 0 radical (unpaired) electrons. The topological polar surface area (TPSA) is 98.0 Å². The number of aryl methyl sites for hydroxylation is 2. The van der Waals surface area contributed by atoms with Gasteiger partial charge in [-0.05, 0) is 31.5 Å². The lowest BCUT2D eigenvalue weighted by Gasteiger charge is -2.35. The number of hydrogen-bond donors (Lipinski definition) is 2. The van der Waals surface area contributed by atoms with Crippen molar-refractivity contribution in [2.45, 2.75) is 26.1 Å². The first-order valence-corrected chi connectivity index (χ1v) is 9.74. The highest BCUT2D eigenvalue weighted by Gasteiger charge is 2.25. The summed E-state index contributed by atoms with van der Waals surface area (Å²) < 4.78 is 9.33. The fourth-order valence-corrected chi connectivity index (χ4v) is 3.87. The molecule has 1 aliphatic heterocycles. The van der Waals surface area contributed by atoms with E-state index in [0.29, 0.717) is 17.0 Å². The fraction of sp³-hybridized carbons (Fsp3) is 0.381. The molecule has 2 atom stereocenters. The van der Waals surface area contributed by atoms with E-state index >= 15 is 0 Å². The van der Waals surface area contributed by atoms with Gasteiger partial charge in [0.05, 0.1) is 29.8 Å². The third-order valence-electron chi connectivity index (χ3n) is 5.23. The van der Waals surface area contributed by atoms with Crippen LogP contribution in [-0.4, -0.2) is 50.6 Å². The molecule has 8 heteroatoms. The third kappa shape index (κ3) is 3.75. The molecule has 0 unspecified atom stereocenters. The molecular formula is C21H27N7O. The van der Waals surface area contributed by atoms with Crippen LogP contribution in [0.2, 0.25) is 0 Å². The summed E-state index contributed by atoms with van der Waals surface area (Å²) in [6, 6.07) is 7.70. The zero-order chi connectivity index (χ0) is 20.7. The SMILES string of the molecule is C[C@@H]1CN(c2cc(C(=N)c3cc(-c4cnn(C)c4)ccc3N)n(C)n2)C[C@H](C)O1. The first-order valence-electron chi connectivity index (χ1n) is 9.74. The molecule has 0 spiro atoms. The minimum atomic E-state index is 0.149. The summed E-state index contributed by atoms with van der Waals surface area (Å²) in [5, 5.41) is 17.7. The Hall–Kier alpha value is -3.13. The molecule has 0 bridgehead atoms. The first-order chi connectivity index (χ1) is 13.8. The average Bonchev–Trinajstić information content (AvgIpc) is 3.27. The van der Waals surface area contributed by atoms with Crippen LogP contribution in [0.25, 0.3) is 11.1 Å². The van der Waals surface area contributed by atoms with E-state index in [4.69, 9.17) is 15.9 Å². The van der Waals surface area contributed by atoms with Crippen molar-refractivity contribution in [3.05, 3.63) is 47.9 Å². The van der Waals surface area contributed by atoms with Crippen LogP contribution in [0.15, 0.2) is 36.7 Å². The van der Waals surface area contributed by atoms with E-state index in [2.05, 4.69) is 28.9 Å². The molecule has 152 valence electrons. The van der Waals surface area contributed by atoms with Crippen molar-refractivity contribution in [3.8, 4) is 11.1 Å². The summed E-state index contributed by atoms with van der Waals surface area (Å²) >= 11 is 0. The van der Waals surface area contributed by atoms with Crippen molar-refractivity contribution in [1.29, 1.82) is 5.41 Å². The molecule has 3 N–H and O–H groups in total. The number of nitrogens with zero attached hydrogens (tertiary/aromatic N) is 5. The van der Waals surface area contributed by atoms with Crippen LogP contribution in [0.4, 0.5) is 11.5 Å². The lowest BCUT2D eigenvalue weighted by Crippen LogP contribution is -2.45. The third-order valence-corrected chi connectivity index (χ3v) is 5.23. The van der Waals surface area contributed by atoms with Gasteiger partial charge < -0.3 is 15.4 Å². The van der Waals surface area contributed by atoms with Crippen molar-refractivity contribution < 1.29 is 4.74 Å². The number of morpholine rings is 1. The van der Waals surface area contributed by atoms with Crippen LogP contribution < -0.4 is 10.6 Å². The molecule has 3 aromatic rings. The monoisotopic (exact) mass is 393 g/mol. The maximum absolute atomic E-state index is 8.82. The van der Waals surface area contributed by atoms with Crippen LogP contribution in [-0.2, 0) is 18.8 Å². The van der Waals surface area contributed by atoms with Gasteiger partial charge in [-0.25, -0.2) is 0 Å².